The van der Waals surface area contributed by atoms with Crippen molar-refractivity contribution in [2.45, 2.75) is 38.3 Å². The molecule has 1 aromatic heterocycles. The van der Waals surface area contributed by atoms with Crippen LogP contribution in [0, 0.1) is 18.3 Å². The van der Waals surface area contributed by atoms with Crippen molar-refractivity contribution in [2.75, 3.05) is 6.61 Å². The molecule has 2 aromatic rings. The highest BCUT2D eigenvalue weighted by Crippen LogP contribution is 2.26. The topological polar surface area (TPSA) is 57.9 Å². The number of nitrogens with zero attached hydrogens (tertiary/aromatic N) is 2. The van der Waals surface area contributed by atoms with E-state index >= 15 is 0 Å². The van der Waals surface area contributed by atoms with E-state index < -0.39 is 5.54 Å². The zero-order chi connectivity index (χ0) is 14.9. The average molecular weight is 281 g/mol. The van der Waals surface area contributed by atoms with Gasteiger partial charge in [0, 0.05) is 17.1 Å². The molecule has 1 aliphatic rings. The van der Waals surface area contributed by atoms with E-state index in [2.05, 4.69) is 16.4 Å². The van der Waals surface area contributed by atoms with Crippen LogP contribution in [0.15, 0.2) is 30.3 Å². The number of fused-ring (bicyclic) bond motifs is 1. The fraction of sp³-hybridized carbons (Fsp3) is 0.412. The van der Waals surface area contributed by atoms with Gasteiger partial charge < -0.3 is 4.74 Å². The molecule has 3 rings (SSSR count). The number of hydrogen-bond donors (Lipinski definition) is 1. The molecule has 1 aliphatic carbocycles. The summed E-state index contributed by atoms with van der Waals surface area (Å²) in [5.41, 5.74) is 1.15. The molecular formula is C17H19N3O. The van der Waals surface area contributed by atoms with Gasteiger partial charge in [0.15, 0.2) is 0 Å². The predicted octanol–water partition coefficient (Wildman–Crippen LogP) is 2.96. The highest BCUT2D eigenvalue weighted by molar-refractivity contribution is 5.84. The summed E-state index contributed by atoms with van der Waals surface area (Å²) in [7, 11) is 0. The molecule has 1 aromatic carbocycles. The third-order valence-corrected chi connectivity index (χ3v) is 3.69. The molecule has 0 bridgehead atoms. The van der Waals surface area contributed by atoms with Crippen molar-refractivity contribution >= 4 is 10.9 Å². The summed E-state index contributed by atoms with van der Waals surface area (Å²) < 4.78 is 5.91. The largest absolute Gasteiger partial charge is 0.488 e. The van der Waals surface area contributed by atoms with E-state index in [1.807, 2.05) is 44.2 Å². The van der Waals surface area contributed by atoms with Gasteiger partial charge in [0.05, 0.1) is 6.07 Å². The standard InChI is InChI=1S/C17H19N3O/c1-12-6-7-13-4-3-5-15(16(13)19-12)21-11-17(2,10-18)20-14-8-9-14/h3-7,14,20H,8-9,11H2,1-2H3. The number of nitriles is 1. The molecule has 1 unspecified atom stereocenters. The first-order chi connectivity index (χ1) is 10.1. The van der Waals surface area contributed by atoms with Crippen LogP contribution in [0.1, 0.15) is 25.5 Å². The van der Waals surface area contributed by atoms with Crippen LogP contribution in [0.5, 0.6) is 5.75 Å². The van der Waals surface area contributed by atoms with Gasteiger partial charge in [-0.3, -0.25) is 5.32 Å². The maximum atomic E-state index is 9.39. The Kier molecular flexibility index (Phi) is 3.52. The van der Waals surface area contributed by atoms with Crippen molar-refractivity contribution in [3.05, 3.63) is 36.0 Å². The summed E-state index contributed by atoms with van der Waals surface area (Å²) in [6.45, 7) is 4.16. The summed E-state index contributed by atoms with van der Waals surface area (Å²) in [6.07, 6.45) is 2.29. The Bertz CT molecular complexity index is 703. The van der Waals surface area contributed by atoms with Crippen molar-refractivity contribution in [1.29, 1.82) is 5.26 Å². The van der Waals surface area contributed by atoms with Gasteiger partial charge >= 0.3 is 0 Å². The van der Waals surface area contributed by atoms with E-state index in [1.54, 1.807) is 0 Å². The number of rotatable bonds is 5. The highest BCUT2D eigenvalue weighted by atomic mass is 16.5. The van der Waals surface area contributed by atoms with Crippen LogP contribution in [0.2, 0.25) is 0 Å². The fourth-order valence-electron chi connectivity index (χ4n) is 2.34. The fourth-order valence-corrected chi connectivity index (χ4v) is 2.34. The van der Waals surface area contributed by atoms with E-state index in [-0.39, 0.29) is 0 Å². The van der Waals surface area contributed by atoms with Crippen LogP contribution >= 0.6 is 0 Å². The lowest BCUT2D eigenvalue weighted by Crippen LogP contribution is -2.47. The lowest BCUT2D eigenvalue weighted by atomic mass is 10.1. The first-order valence-electron chi connectivity index (χ1n) is 7.28. The molecule has 1 saturated carbocycles. The van der Waals surface area contributed by atoms with E-state index in [1.165, 1.54) is 0 Å². The molecule has 0 spiro atoms. The number of aromatic nitrogens is 1. The average Bonchev–Trinajstić information content (AvgIpc) is 3.29. The molecule has 4 heteroatoms. The third-order valence-electron chi connectivity index (χ3n) is 3.69. The summed E-state index contributed by atoms with van der Waals surface area (Å²) in [4.78, 5) is 4.55. The van der Waals surface area contributed by atoms with Gasteiger partial charge in [0.25, 0.3) is 0 Å². The molecule has 108 valence electrons. The summed E-state index contributed by atoms with van der Waals surface area (Å²) in [6, 6.07) is 12.7. The number of pyridine rings is 1. The monoisotopic (exact) mass is 281 g/mol. The summed E-state index contributed by atoms with van der Waals surface area (Å²) in [5, 5.41) is 13.8. The van der Waals surface area contributed by atoms with Crippen LogP contribution in [0.4, 0.5) is 0 Å². The summed E-state index contributed by atoms with van der Waals surface area (Å²) >= 11 is 0. The maximum Gasteiger partial charge on any atom is 0.145 e. The predicted molar refractivity (Wildman–Crippen MR) is 82.2 cm³/mol. The minimum atomic E-state index is -0.660. The second-order valence-electron chi connectivity index (χ2n) is 5.93. The van der Waals surface area contributed by atoms with Crippen LogP contribution in [0.25, 0.3) is 10.9 Å². The van der Waals surface area contributed by atoms with Gasteiger partial charge in [-0.2, -0.15) is 5.26 Å². The number of aryl methyl sites for hydroxylation is 1. The van der Waals surface area contributed by atoms with Gasteiger partial charge in [-0.1, -0.05) is 18.2 Å². The zero-order valence-corrected chi connectivity index (χ0v) is 12.4. The first kappa shape index (κ1) is 13.8. The molecule has 0 amide bonds. The second-order valence-corrected chi connectivity index (χ2v) is 5.93. The minimum absolute atomic E-state index is 0.314. The van der Waals surface area contributed by atoms with Gasteiger partial charge in [-0.15, -0.1) is 0 Å². The Morgan fingerprint density at radius 3 is 2.90 bits per heavy atom. The zero-order valence-electron chi connectivity index (χ0n) is 12.4. The van der Waals surface area contributed by atoms with Crippen molar-refractivity contribution in [3.8, 4) is 11.8 Å². The molecular weight excluding hydrogens is 262 g/mol. The third kappa shape index (κ3) is 3.14. The van der Waals surface area contributed by atoms with E-state index in [0.717, 1.165) is 35.2 Å². The highest BCUT2D eigenvalue weighted by Gasteiger charge is 2.33. The van der Waals surface area contributed by atoms with E-state index in [4.69, 9.17) is 4.74 Å². The van der Waals surface area contributed by atoms with Gasteiger partial charge in [0.1, 0.15) is 23.4 Å². The smallest absolute Gasteiger partial charge is 0.145 e. The quantitative estimate of drug-likeness (QED) is 0.915. The Labute approximate surface area is 124 Å². The molecule has 0 saturated heterocycles. The maximum absolute atomic E-state index is 9.39. The Morgan fingerprint density at radius 2 is 2.19 bits per heavy atom. The molecule has 21 heavy (non-hydrogen) atoms. The Balaban J connectivity index is 1.81. The number of nitrogens with one attached hydrogen (secondary N) is 1. The molecule has 0 radical (unpaired) electrons. The second kappa shape index (κ2) is 5.34. The molecule has 4 nitrogen and oxygen atoms in total. The van der Waals surface area contributed by atoms with E-state index in [9.17, 15) is 5.26 Å². The molecule has 1 heterocycles. The molecule has 1 fully saturated rings. The van der Waals surface area contributed by atoms with E-state index in [0.29, 0.717) is 12.6 Å². The number of benzene rings is 1. The summed E-state index contributed by atoms with van der Waals surface area (Å²) in [5.74, 6) is 0.732. The Hall–Kier alpha value is -2.12. The van der Waals surface area contributed by atoms with Crippen LogP contribution < -0.4 is 10.1 Å². The normalized spacial score (nSPS) is 17.2. The molecule has 1 N–H and O–H groups in total. The van der Waals surface area contributed by atoms with Crippen LogP contribution in [-0.2, 0) is 0 Å². The van der Waals surface area contributed by atoms with Crippen LogP contribution in [0.3, 0.4) is 0 Å². The molecule has 0 aliphatic heterocycles. The number of para-hydroxylation sites is 1. The van der Waals surface area contributed by atoms with Crippen molar-refractivity contribution < 1.29 is 4.74 Å². The Morgan fingerprint density at radius 1 is 1.38 bits per heavy atom. The number of ether oxygens (including phenoxy) is 1. The van der Waals surface area contributed by atoms with Gasteiger partial charge in [-0.25, -0.2) is 4.98 Å². The van der Waals surface area contributed by atoms with Crippen LogP contribution in [-0.4, -0.2) is 23.2 Å². The molecule has 1 atom stereocenters. The lowest BCUT2D eigenvalue weighted by molar-refractivity contribution is 0.234. The first-order valence-corrected chi connectivity index (χ1v) is 7.28. The van der Waals surface area contributed by atoms with Gasteiger partial charge in [0.2, 0.25) is 0 Å². The number of hydrogen-bond acceptors (Lipinski definition) is 4. The van der Waals surface area contributed by atoms with Gasteiger partial charge in [-0.05, 0) is 38.8 Å². The van der Waals surface area contributed by atoms with Crippen molar-refractivity contribution in [3.63, 3.8) is 0 Å². The minimum Gasteiger partial charge on any atom is -0.488 e. The SMILES string of the molecule is Cc1ccc2cccc(OCC(C)(C#N)NC3CC3)c2n1. The lowest BCUT2D eigenvalue weighted by Gasteiger charge is -2.23. The van der Waals surface area contributed by atoms with Crippen molar-refractivity contribution in [2.24, 2.45) is 0 Å². The van der Waals surface area contributed by atoms with Crippen molar-refractivity contribution in [1.82, 2.24) is 10.3 Å².